The van der Waals surface area contributed by atoms with Crippen LogP contribution in [0.25, 0.3) is 0 Å². The van der Waals surface area contributed by atoms with E-state index >= 15 is 0 Å². The first-order valence-corrected chi connectivity index (χ1v) is 21.0. The van der Waals surface area contributed by atoms with Gasteiger partial charge >= 0.3 is 47.8 Å². The Morgan fingerprint density at radius 2 is 0.415 bits per heavy atom. The molecule has 0 aliphatic rings. The summed E-state index contributed by atoms with van der Waals surface area (Å²) in [7, 11) is -19.1. The summed E-state index contributed by atoms with van der Waals surface area (Å²) in [5.74, 6) is -13.4. The van der Waals surface area contributed by atoms with Gasteiger partial charge in [0.15, 0.2) is 0 Å². The van der Waals surface area contributed by atoms with E-state index < -0.39 is 152 Å². The second-order valence-corrected chi connectivity index (χ2v) is 16.6. The minimum atomic E-state index is -4.78. The number of carboxylic acids is 8. The number of rotatable bonds is 12. The van der Waals surface area contributed by atoms with Crippen LogP contribution in [-0.2, 0) is 62.2 Å². The molecule has 0 spiro atoms. The standard InChI is InChI=1S/4C8H6O7S.Ti/c4*9-7(10)4-2-1-3-5(16(13,14)15)6(4)8(11)12;/h4*1-3H,(H,9,10)(H,11,12)(H,13,14,15);. The fourth-order valence-corrected chi connectivity index (χ4v) is 7.40. The Morgan fingerprint density at radius 3 is 0.508 bits per heavy atom. The molecule has 348 valence electrons. The van der Waals surface area contributed by atoms with Gasteiger partial charge in [-0.05, 0) is 48.5 Å². The maximum atomic E-state index is 10.8. The zero-order valence-electron chi connectivity index (χ0n) is 31.0. The van der Waals surface area contributed by atoms with Crippen molar-refractivity contribution in [2.75, 3.05) is 0 Å². The predicted octanol–water partition coefficient (Wildman–Crippen LogP) is 1.32. The molecule has 0 amide bonds. The Bertz CT molecular complexity index is 2650. The largest absolute Gasteiger partial charge is 0.478 e. The van der Waals surface area contributed by atoms with Gasteiger partial charge in [-0.3, -0.25) is 18.2 Å². The summed E-state index contributed by atoms with van der Waals surface area (Å²) in [5.41, 5.74) is -6.67. The summed E-state index contributed by atoms with van der Waals surface area (Å²) in [6.07, 6.45) is 0. The zero-order valence-corrected chi connectivity index (χ0v) is 35.8. The Kier molecular flexibility index (Phi) is 20.1. The van der Waals surface area contributed by atoms with E-state index in [9.17, 15) is 72.0 Å². The summed E-state index contributed by atoms with van der Waals surface area (Å²) in [6.45, 7) is 0. The summed E-state index contributed by atoms with van der Waals surface area (Å²) < 4.78 is 122. The molecule has 0 aliphatic heterocycles. The molecular formula is C32H24O28S4Ti. The van der Waals surface area contributed by atoms with Crippen LogP contribution < -0.4 is 0 Å². The molecule has 0 atom stereocenters. The van der Waals surface area contributed by atoms with Gasteiger partial charge in [0.1, 0.15) is 19.6 Å². The average molecular weight is 1030 g/mol. The van der Waals surface area contributed by atoms with E-state index in [2.05, 4.69) is 0 Å². The monoisotopic (exact) mass is 1030 g/mol. The van der Waals surface area contributed by atoms with Crippen LogP contribution in [0.4, 0.5) is 0 Å². The molecule has 0 aromatic heterocycles. The number of carbonyl (C=O) groups is 8. The van der Waals surface area contributed by atoms with Crippen molar-refractivity contribution in [3.63, 3.8) is 0 Å². The Labute approximate surface area is 376 Å². The third kappa shape index (κ3) is 15.6. The zero-order chi connectivity index (χ0) is 50.0. The average Bonchev–Trinajstić information content (AvgIpc) is 3.15. The number of benzene rings is 4. The van der Waals surface area contributed by atoms with Gasteiger partial charge < -0.3 is 40.9 Å². The quantitative estimate of drug-likeness (QED) is 0.0703. The van der Waals surface area contributed by atoms with Crippen LogP contribution in [0, 0.1) is 0 Å². The molecule has 0 fully saturated rings. The van der Waals surface area contributed by atoms with Crippen LogP contribution in [0.15, 0.2) is 92.4 Å². The second kappa shape index (κ2) is 22.6. The van der Waals surface area contributed by atoms with Gasteiger partial charge in [0.25, 0.3) is 40.5 Å². The first-order valence-electron chi connectivity index (χ1n) is 15.3. The maximum absolute atomic E-state index is 10.8. The van der Waals surface area contributed by atoms with Gasteiger partial charge in [-0.2, -0.15) is 33.7 Å². The van der Waals surface area contributed by atoms with Crippen LogP contribution >= 0.6 is 0 Å². The van der Waals surface area contributed by atoms with Gasteiger partial charge in [-0.25, -0.2) is 38.4 Å². The molecule has 0 saturated heterocycles. The minimum absolute atomic E-state index is 0. The fourth-order valence-electron chi connectivity index (χ4n) is 4.58. The van der Waals surface area contributed by atoms with Crippen molar-refractivity contribution < 1.29 is 153 Å². The third-order valence-electron chi connectivity index (χ3n) is 6.99. The smallest absolute Gasteiger partial charge is 0.338 e. The first kappa shape index (κ1) is 58.0. The third-order valence-corrected chi connectivity index (χ3v) is 10.6. The van der Waals surface area contributed by atoms with Crippen molar-refractivity contribution in [3.8, 4) is 0 Å². The van der Waals surface area contributed by atoms with Gasteiger partial charge in [-0.1, -0.05) is 24.3 Å². The molecule has 0 bridgehead atoms. The number of aromatic carboxylic acids is 8. The molecular weight excluding hydrogens is 1010 g/mol. The van der Waals surface area contributed by atoms with E-state index in [1.165, 1.54) is 0 Å². The van der Waals surface area contributed by atoms with Crippen LogP contribution in [0.2, 0.25) is 0 Å². The Balaban J connectivity index is 0.000000836. The van der Waals surface area contributed by atoms with Crippen LogP contribution in [0.5, 0.6) is 0 Å². The molecule has 65 heavy (non-hydrogen) atoms. The molecule has 28 nitrogen and oxygen atoms in total. The first-order chi connectivity index (χ1) is 29.0. The molecule has 0 saturated carbocycles. The van der Waals surface area contributed by atoms with Crippen LogP contribution in [-0.4, -0.2) is 140 Å². The fraction of sp³-hybridized carbons (Fsp3) is 0. The molecule has 0 heterocycles. The summed E-state index contributed by atoms with van der Waals surface area (Å²) in [5, 5.41) is 69.5. The van der Waals surface area contributed by atoms with Crippen LogP contribution in [0.1, 0.15) is 82.9 Å². The molecule has 12 N–H and O–H groups in total. The molecule has 33 heteroatoms. The van der Waals surface area contributed by atoms with E-state index in [1.807, 2.05) is 0 Å². The number of hydrogen-bond donors (Lipinski definition) is 12. The predicted molar refractivity (Wildman–Crippen MR) is 201 cm³/mol. The van der Waals surface area contributed by atoms with Crippen molar-refractivity contribution in [1.82, 2.24) is 0 Å². The summed E-state index contributed by atoms with van der Waals surface area (Å²) in [6, 6.07) is 11.1. The van der Waals surface area contributed by atoms with Crippen molar-refractivity contribution in [1.29, 1.82) is 0 Å². The van der Waals surface area contributed by atoms with E-state index in [-0.39, 0.29) is 21.7 Å². The van der Waals surface area contributed by atoms with Crippen LogP contribution in [0.3, 0.4) is 0 Å². The Morgan fingerprint density at radius 1 is 0.277 bits per heavy atom. The normalized spacial score (nSPS) is 10.9. The van der Waals surface area contributed by atoms with E-state index in [1.54, 1.807) is 0 Å². The molecule has 0 unspecified atom stereocenters. The Hall–Kier alpha value is -7.01. The minimum Gasteiger partial charge on any atom is -0.478 e. The van der Waals surface area contributed by atoms with Gasteiger partial charge in [0.2, 0.25) is 0 Å². The summed E-state index contributed by atoms with van der Waals surface area (Å²) >= 11 is 0. The maximum Gasteiger partial charge on any atom is 0.338 e. The van der Waals surface area contributed by atoms with E-state index in [4.69, 9.17) is 59.1 Å². The number of carboxylic acid groups (broad SMARTS) is 8. The van der Waals surface area contributed by atoms with Crippen molar-refractivity contribution >= 4 is 88.2 Å². The van der Waals surface area contributed by atoms with Gasteiger partial charge in [-0.15, -0.1) is 0 Å². The van der Waals surface area contributed by atoms with Crippen molar-refractivity contribution in [3.05, 3.63) is 117 Å². The van der Waals surface area contributed by atoms with Gasteiger partial charge in [0.05, 0.1) is 44.5 Å². The molecule has 4 rings (SSSR count). The second-order valence-electron chi connectivity index (χ2n) is 11.1. The molecule has 4 aromatic carbocycles. The molecule has 4 aromatic rings. The van der Waals surface area contributed by atoms with Crippen molar-refractivity contribution in [2.45, 2.75) is 19.6 Å². The molecule has 0 radical (unpaired) electrons. The number of hydrogen-bond acceptors (Lipinski definition) is 16. The summed E-state index contributed by atoms with van der Waals surface area (Å²) in [4.78, 5) is 81.9. The van der Waals surface area contributed by atoms with E-state index in [0.29, 0.717) is 0 Å². The van der Waals surface area contributed by atoms with Gasteiger partial charge in [0, 0.05) is 21.7 Å². The van der Waals surface area contributed by atoms with E-state index in [0.717, 1.165) is 72.8 Å². The van der Waals surface area contributed by atoms with Crippen molar-refractivity contribution in [2.24, 2.45) is 0 Å². The topological polar surface area (TPSA) is 516 Å². The molecule has 0 aliphatic carbocycles. The SMILES string of the molecule is O=C(O)c1cccc(S(=O)(=O)O)c1C(=O)O.O=C(O)c1cccc(S(=O)(=O)O)c1C(=O)O.O=C(O)c1cccc(S(=O)(=O)O)c1C(=O)O.O=C(O)c1cccc(S(=O)(=O)O)c1C(=O)O.[Ti].